The first kappa shape index (κ1) is 13.9. The topological polar surface area (TPSA) is 67.6 Å². The number of nitrogens with one attached hydrogen (secondary N) is 1. The van der Waals surface area contributed by atoms with E-state index in [4.69, 9.17) is 5.73 Å². The van der Waals surface area contributed by atoms with Crippen molar-refractivity contribution in [2.24, 2.45) is 5.73 Å². The lowest BCUT2D eigenvalue weighted by molar-refractivity contribution is 0.631. The molecule has 0 radical (unpaired) electrons. The number of rotatable bonds is 4. The minimum absolute atomic E-state index is 0.268. The molecule has 21 heavy (non-hydrogen) atoms. The van der Waals surface area contributed by atoms with Crippen LogP contribution >= 0.6 is 11.3 Å². The number of thiazole rings is 1. The van der Waals surface area contributed by atoms with Gasteiger partial charge in [-0.2, -0.15) is 5.10 Å². The minimum Gasteiger partial charge on any atom is -0.330 e. The number of benzene rings is 1. The van der Waals surface area contributed by atoms with Crippen molar-refractivity contribution >= 4 is 11.3 Å². The fourth-order valence-corrected chi connectivity index (χ4v) is 3.32. The Balaban J connectivity index is 2.07. The maximum Gasteiger partial charge on any atom is 0.142 e. The summed E-state index contributed by atoms with van der Waals surface area (Å²) in [6, 6.07) is 6.66. The van der Waals surface area contributed by atoms with Gasteiger partial charge in [0.15, 0.2) is 0 Å². The molecule has 3 N–H and O–H groups in total. The van der Waals surface area contributed by atoms with E-state index in [9.17, 15) is 4.39 Å². The third-order valence-corrected chi connectivity index (χ3v) is 4.52. The van der Waals surface area contributed by atoms with Crippen molar-refractivity contribution in [1.82, 2.24) is 15.2 Å². The van der Waals surface area contributed by atoms with Gasteiger partial charge >= 0.3 is 0 Å². The number of hydrogen-bond donors (Lipinski definition) is 2. The highest BCUT2D eigenvalue weighted by atomic mass is 32.1. The van der Waals surface area contributed by atoms with E-state index in [1.807, 2.05) is 13.0 Å². The molecule has 2 aromatic heterocycles. The summed E-state index contributed by atoms with van der Waals surface area (Å²) in [6.07, 6.45) is 2.43. The Morgan fingerprint density at radius 2 is 2.10 bits per heavy atom. The monoisotopic (exact) mass is 302 g/mol. The molecule has 0 atom stereocenters. The molecule has 0 bridgehead atoms. The van der Waals surface area contributed by atoms with Gasteiger partial charge in [-0.05, 0) is 26.0 Å². The van der Waals surface area contributed by atoms with Crippen molar-refractivity contribution < 1.29 is 4.39 Å². The molecule has 0 unspecified atom stereocenters. The summed E-state index contributed by atoms with van der Waals surface area (Å²) in [4.78, 5) is 5.71. The summed E-state index contributed by atoms with van der Waals surface area (Å²) in [5, 5.41) is 7.79. The van der Waals surface area contributed by atoms with E-state index >= 15 is 0 Å². The number of H-pyrrole nitrogens is 1. The van der Waals surface area contributed by atoms with Crippen molar-refractivity contribution in [3.05, 3.63) is 46.9 Å². The zero-order chi connectivity index (χ0) is 14.8. The van der Waals surface area contributed by atoms with Crippen LogP contribution in [0.1, 0.15) is 10.6 Å². The Labute approximate surface area is 125 Å². The van der Waals surface area contributed by atoms with Gasteiger partial charge in [-0.25, -0.2) is 9.37 Å². The van der Waals surface area contributed by atoms with Crippen LogP contribution in [0.15, 0.2) is 30.5 Å². The van der Waals surface area contributed by atoms with E-state index in [-0.39, 0.29) is 5.82 Å². The minimum atomic E-state index is -0.268. The van der Waals surface area contributed by atoms with Crippen LogP contribution in [-0.2, 0) is 6.42 Å². The second-order valence-corrected chi connectivity index (χ2v) is 5.79. The normalized spacial score (nSPS) is 11.0. The third-order valence-electron chi connectivity index (χ3n) is 3.28. The zero-order valence-electron chi connectivity index (χ0n) is 11.6. The van der Waals surface area contributed by atoms with Crippen LogP contribution in [0.3, 0.4) is 0 Å². The largest absolute Gasteiger partial charge is 0.330 e. The second kappa shape index (κ2) is 5.75. The molecule has 108 valence electrons. The quantitative estimate of drug-likeness (QED) is 0.778. The maximum absolute atomic E-state index is 14.0. The number of aryl methyl sites for hydroxylation is 1. The number of aromatic nitrogens is 3. The predicted molar refractivity (Wildman–Crippen MR) is 82.6 cm³/mol. The average molecular weight is 302 g/mol. The highest BCUT2D eigenvalue weighted by molar-refractivity contribution is 7.15. The van der Waals surface area contributed by atoms with Crippen LogP contribution < -0.4 is 5.73 Å². The van der Waals surface area contributed by atoms with E-state index < -0.39 is 0 Å². The highest BCUT2D eigenvalue weighted by Gasteiger charge is 2.17. The van der Waals surface area contributed by atoms with Crippen molar-refractivity contribution in [3.8, 4) is 21.8 Å². The molecule has 4 nitrogen and oxygen atoms in total. The summed E-state index contributed by atoms with van der Waals surface area (Å²) in [7, 11) is 0. The molecular weight excluding hydrogens is 287 g/mol. The molecule has 0 amide bonds. The summed E-state index contributed by atoms with van der Waals surface area (Å²) in [5.41, 5.74) is 8.57. The molecule has 0 saturated heterocycles. The Morgan fingerprint density at radius 1 is 1.29 bits per heavy atom. The lowest BCUT2D eigenvalue weighted by Gasteiger charge is -2.02. The van der Waals surface area contributed by atoms with Gasteiger partial charge in [-0.1, -0.05) is 18.2 Å². The number of halogens is 1. The molecule has 6 heteroatoms. The molecule has 0 fully saturated rings. The van der Waals surface area contributed by atoms with E-state index in [1.54, 1.807) is 29.7 Å². The Kier molecular flexibility index (Phi) is 3.81. The Hall–Kier alpha value is -2.05. The Morgan fingerprint density at radius 3 is 2.86 bits per heavy atom. The molecule has 2 heterocycles. The van der Waals surface area contributed by atoms with Gasteiger partial charge in [-0.3, -0.25) is 5.10 Å². The van der Waals surface area contributed by atoms with Crippen molar-refractivity contribution in [3.63, 3.8) is 0 Å². The number of nitrogens with two attached hydrogens (primary N) is 1. The maximum atomic E-state index is 14.0. The van der Waals surface area contributed by atoms with Crippen LogP contribution in [0, 0.1) is 12.7 Å². The van der Waals surface area contributed by atoms with Gasteiger partial charge in [0.2, 0.25) is 0 Å². The van der Waals surface area contributed by atoms with Crippen molar-refractivity contribution in [1.29, 1.82) is 0 Å². The lowest BCUT2D eigenvalue weighted by atomic mass is 10.1. The second-order valence-electron chi connectivity index (χ2n) is 4.70. The van der Waals surface area contributed by atoms with E-state index in [0.717, 1.165) is 33.3 Å². The third kappa shape index (κ3) is 2.59. The fourth-order valence-electron chi connectivity index (χ4n) is 2.23. The summed E-state index contributed by atoms with van der Waals surface area (Å²) in [6.45, 7) is 2.55. The molecule has 3 aromatic rings. The molecular formula is C15H15FN4S. The van der Waals surface area contributed by atoms with Gasteiger partial charge in [0.1, 0.15) is 16.5 Å². The van der Waals surface area contributed by atoms with Gasteiger partial charge in [0, 0.05) is 16.0 Å². The van der Waals surface area contributed by atoms with Crippen LogP contribution in [0.2, 0.25) is 0 Å². The highest BCUT2D eigenvalue weighted by Crippen LogP contribution is 2.34. The predicted octanol–water partition coefficient (Wildman–Crippen LogP) is 3.15. The summed E-state index contributed by atoms with van der Waals surface area (Å²) in [5.74, 6) is -0.268. The molecule has 1 aromatic carbocycles. The van der Waals surface area contributed by atoms with E-state index in [2.05, 4.69) is 15.2 Å². The molecule has 0 aliphatic carbocycles. The first-order chi connectivity index (χ1) is 10.2. The molecule has 0 spiro atoms. The number of aromatic amines is 1. The van der Waals surface area contributed by atoms with Crippen molar-refractivity contribution in [2.75, 3.05) is 6.54 Å². The first-order valence-electron chi connectivity index (χ1n) is 6.65. The van der Waals surface area contributed by atoms with Crippen LogP contribution in [0.5, 0.6) is 0 Å². The summed E-state index contributed by atoms with van der Waals surface area (Å²) < 4.78 is 14.0. The molecule has 0 aliphatic heterocycles. The first-order valence-corrected chi connectivity index (χ1v) is 7.47. The van der Waals surface area contributed by atoms with Crippen LogP contribution in [0.4, 0.5) is 4.39 Å². The smallest absolute Gasteiger partial charge is 0.142 e. The number of hydrogen-bond acceptors (Lipinski definition) is 4. The molecule has 0 aliphatic rings. The van der Waals surface area contributed by atoms with Crippen LogP contribution in [0.25, 0.3) is 21.8 Å². The van der Waals surface area contributed by atoms with Gasteiger partial charge in [0.05, 0.1) is 11.9 Å². The van der Waals surface area contributed by atoms with Gasteiger partial charge < -0.3 is 5.73 Å². The van der Waals surface area contributed by atoms with Crippen LogP contribution in [-0.4, -0.2) is 21.7 Å². The lowest BCUT2D eigenvalue weighted by Crippen LogP contribution is -2.01. The average Bonchev–Trinajstić information content (AvgIpc) is 3.07. The zero-order valence-corrected chi connectivity index (χ0v) is 12.4. The van der Waals surface area contributed by atoms with Crippen molar-refractivity contribution in [2.45, 2.75) is 13.3 Å². The molecule has 3 rings (SSSR count). The SMILES string of the molecule is Cc1nc(-c2[nH]ncc2-c2ccccc2F)sc1CCN. The van der Waals surface area contributed by atoms with Gasteiger partial charge in [-0.15, -0.1) is 11.3 Å². The number of nitrogens with zero attached hydrogens (tertiary/aromatic N) is 2. The van der Waals surface area contributed by atoms with Gasteiger partial charge in [0.25, 0.3) is 0 Å². The van der Waals surface area contributed by atoms with E-state index in [1.165, 1.54) is 6.07 Å². The summed E-state index contributed by atoms with van der Waals surface area (Å²) >= 11 is 1.57. The Bertz CT molecular complexity index is 763. The standard InChI is InChI=1S/C15H15FN4S/c1-9-13(6-7-17)21-15(19-9)14-11(8-18-20-14)10-4-2-3-5-12(10)16/h2-5,8H,6-7,17H2,1H3,(H,18,20). The molecule has 0 saturated carbocycles. The fraction of sp³-hybridized carbons (Fsp3) is 0.200. The van der Waals surface area contributed by atoms with E-state index in [0.29, 0.717) is 12.1 Å².